The molecule has 1 unspecified atom stereocenters. The molecule has 1 atom stereocenters. The number of hydrogen-bond acceptors (Lipinski definition) is 5. The maximum atomic E-state index is 12.2. The van der Waals surface area contributed by atoms with Gasteiger partial charge in [-0.3, -0.25) is 10.1 Å². The normalized spacial score (nSPS) is 22.9. The molecule has 2 rings (SSSR count). The van der Waals surface area contributed by atoms with Crippen molar-refractivity contribution in [1.82, 2.24) is 10.0 Å². The fourth-order valence-corrected chi connectivity index (χ4v) is 3.98. The minimum Gasteiger partial charge on any atom is -0.315 e. The monoisotopic (exact) mass is 299 g/mol. The highest BCUT2D eigenvalue weighted by molar-refractivity contribution is 7.88. The van der Waals surface area contributed by atoms with Gasteiger partial charge in [-0.15, -0.1) is 0 Å². The number of para-hydroxylation sites is 1. The number of rotatable bonds is 5. The van der Waals surface area contributed by atoms with Gasteiger partial charge in [-0.1, -0.05) is 18.2 Å². The van der Waals surface area contributed by atoms with Gasteiger partial charge in [0.05, 0.1) is 10.7 Å². The highest BCUT2D eigenvalue weighted by atomic mass is 32.2. The first-order valence-electron chi connectivity index (χ1n) is 6.26. The van der Waals surface area contributed by atoms with Crippen molar-refractivity contribution in [1.29, 1.82) is 0 Å². The summed E-state index contributed by atoms with van der Waals surface area (Å²) < 4.78 is 27.0. The molecule has 1 aliphatic heterocycles. The van der Waals surface area contributed by atoms with Gasteiger partial charge in [-0.2, -0.15) is 0 Å². The Morgan fingerprint density at radius 2 is 2.15 bits per heavy atom. The fraction of sp³-hybridized carbons (Fsp3) is 0.500. The third-order valence-electron chi connectivity index (χ3n) is 3.30. The fourth-order valence-electron chi connectivity index (χ4n) is 2.33. The first-order chi connectivity index (χ1) is 9.31. The second kappa shape index (κ2) is 5.47. The minimum atomic E-state index is -3.63. The number of nitro groups is 1. The van der Waals surface area contributed by atoms with Crippen LogP contribution in [-0.2, 0) is 15.8 Å². The van der Waals surface area contributed by atoms with Crippen LogP contribution in [0.4, 0.5) is 5.69 Å². The molecule has 1 saturated heterocycles. The summed E-state index contributed by atoms with van der Waals surface area (Å²) >= 11 is 0. The molecule has 2 N–H and O–H groups in total. The van der Waals surface area contributed by atoms with Crippen molar-refractivity contribution >= 4 is 15.7 Å². The van der Waals surface area contributed by atoms with E-state index in [0.29, 0.717) is 13.0 Å². The SMILES string of the molecule is CC1(NS(=O)(=O)Cc2ccccc2[N+](=O)[O-])CCNC1. The molecular formula is C12H17N3O4S. The largest absolute Gasteiger partial charge is 0.315 e. The summed E-state index contributed by atoms with van der Waals surface area (Å²) in [5.74, 6) is -0.389. The number of benzene rings is 1. The van der Waals surface area contributed by atoms with E-state index in [9.17, 15) is 18.5 Å². The molecule has 0 radical (unpaired) electrons. The summed E-state index contributed by atoms with van der Waals surface area (Å²) in [6.45, 7) is 3.14. The van der Waals surface area contributed by atoms with Crippen LogP contribution in [0.1, 0.15) is 18.9 Å². The summed E-state index contributed by atoms with van der Waals surface area (Å²) in [4.78, 5) is 10.3. The molecule has 0 spiro atoms. The second-order valence-electron chi connectivity index (χ2n) is 5.23. The molecule has 0 saturated carbocycles. The molecule has 1 aliphatic rings. The lowest BCUT2D eigenvalue weighted by Crippen LogP contribution is -2.47. The summed E-state index contributed by atoms with van der Waals surface area (Å²) in [5, 5.41) is 14.0. The van der Waals surface area contributed by atoms with E-state index in [0.717, 1.165) is 6.54 Å². The maximum Gasteiger partial charge on any atom is 0.273 e. The van der Waals surface area contributed by atoms with E-state index < -0.39 is 20.5 Å². The zero-order valence-corrected chi connectivity index (χ0v) is 11.9. The van der Waals surface area contributed by atoms with Gasteiger partial charge in [0.25, 0.3) is 5.69 Å². The van der Waals surface area contributed by atoms with Crippen LogP contribution in [0.5, 0.6) is 0 Å². The third kappa shape index (κ3) is 3.53. The van der Waals surface area contributed by atoms with Crippen molar-refractivity contribution in [2.75, 3.05) is 13.1 Å². The van der Waals surface area contributed by atoms with Crippen LogP contribution in [0.3, 0.4) is 0 Å². The summed E-state index contributed by atoms with van der Waals surface area (Å²) in [5.41, 5.74) is -0.505. The molecule has 7 nitrogen and oxygen atoms in total. The Labute approximate surface area is 117 Å². The predicted octanol–water partition coefficient (Wildman–Crippen LogP) is 0.766. The Hall–Kier alpha value is -1.51. The first kappa shape index (κ1) is 14.9. The quantitative estimate of drug-likeness (QED) is 0.617. The zero-order valence-electron chi connectivity index (χ0n) is 11.1. The smallest absolute Gasteiger partial charge is 0.273 e. The lowest BCUT2D eigenvalue weighted by Gasteiger charge is -2.24. The van der Waals surface area contributed by atoms with E-state index in [4.69, 9.17) is 0 Å². The van der Waals surface area contributed by atoms with Crippen molar-refractivity contribution in [2.24, 2.45) is 0 Å². The highest BCUT2D eigenvalue weighted by Crippen LogP contribution is 2.21. The average Bonchev–Trinajstić information content (AvgIpc) is 2.74. The number of sulfonamides is 1. The van der Waals surface area contributed by atoms with Gasteiger partial charge >= 0.3 is 0 Å². The maximum absolute atomic E-state index is 12.2. The Balaban J connectivity index is 2.18. The minimum absolute atomic E-state index is 0.174. The topological polar surface area (TPSA) is 101 Å². The molecular weight excluding hydrogens is 282 g/mol. The molecule has 1 heterocycles. The lowest BCUT2D eigenvalue weighted by molar-refractivity contribution is -0.385. The molecule has 8 heteroatoms. The Bertz CT molecular complexity index is 609. The summed E-state index contributed by atoms with van der Waals surface area (Å²) in [6.07, 6.45) is 0.698. The highest BCUT2D eigenvalue weighted by Gasteiger charge is 2.33. The van der Waals surface area contributed by atoms with Crippen LogP contribution in [0.15, 0.2) is 24.3 Å². The van der Waals surface area contributed by atoms with Crippen LogP contribution >= 0.6 is 0 Å². The van der Waals surface area contributed by atoms with Crippen LogP contribution < -0.4 is 10.0 Å². The Morgan fingerprint density at radius 1 is 1.45 bits per heavy atom. The standard InChI is InChI=1S/C12H17N3O4S/c1-12(6-7-13-9-12)14-20(18,19)8-10-4-2-3-5-11(10)15(16)17/h2-5,13-14H,6-9H2,1H3. The van der Waals surface area contributed by atoms with Crippen LogP contribution in [0.25, 0.3) is 0 Å². The molecule has 1 fully saturated rings. The zero-order chi connectivity index (χ0) is 14.8. The number of hydrogen-bond donors (Lipinski definition) is 2. The van der Waals surface area contributed by atoms with E-state index in [1.54, 1.807) is 6.07 Å². The Kier molecular flexibility index (Phi) is 4.07. The summed E-state index contributed by atoms with van der Waals surface area (Å²) in [7, 11) is -3.63. The van der Waals surface area contributed by atoms with Crippen LogP contribution in [0.2, 0.25) is 0 Å². The van der Waals surface area contributed by atoms with Crippen LogP contribution in [-0.4, -0.2) is 32.0 Å². The van der Waals surface area contributed by atoms with Gasteiger partial charge in [-0.05, 0) is 19.9 Å². The number of nitro benzene ring substituents is 1. The van der Waals surface area contributed by atoms with Crippen molar-refractivity contribution in [3.8, 4) is 0 Å². The lowest BCUT2D eigenvalue weighted by atomic mass is 10.0. The van der Waals surface area contributed by atoms with E-state index >= 15 is 0 Å². The van der Waals surface area contributed by atoms with Crippen molar-refractivity contribution < 1.29 is 13.3 Å². The molecule has 20 heavy (non-hydrogen) atoms. The Morgan fingerprint density at radius 3 is 2.75 bits per heavy atom. The third-order valence-corrected chi connectivity index (χ3v) is 4.80. The van der Waals surface area contributed by atoms with Gasteiger partial charge in [0.15, 0.2) is 0 Å². The van der Waals surface area contributed by atoms with Gasteiger partial charge < -0.3 is 5.32 Å². The van der Waals surface area contributed by atoms with Crippen molar-refractivity contribution in [3.05, 3.63) is 39.9 Å². The molecule has 0 amide bonds. The van der Waals surface area contributed by atoms with Crippen LogP contribution in [0, 0.1) is 10.1 Å². The molecule has 0 bridgehead atoms. The van der Waals surface area contributed by atoms with E-state index in [2.05, 4.69) is 10.0 Å². The average molecular weight is 299 g/mol. The predicted molar refractivity (Wildman–Crippen MR) is 74.7 cm³/mol. The molecule has 1 aromatic carbocycles. The van der Waals surface area contributed by atoms with E-state index in [1.807, 2.05) is 6.92 Å². The summed E-state index contributed by atoms with van der Waals surface area (Å²) in [6, 6.07) is 5.89. The molecule has 0 aromatic heterocycles. The number of nitrogens with one attached hydrogen (secondary N) is 2. The first-order valence-corrected chi connectivity index (χ1v) is 7.91. The molecule has 110 valence electrons. The van der Waals surface area contributed by atoms with Crippen molar-refractivity contribution in [2.45, 2.75) is 24.6 Å². The van der Waals surface area contributed by atoms with Gasteiger partial charge in [0.2, 0.25) is 10.0 Å². The van der Waals surface area contributed by atoms with E-state index in [-0.39, 0.29) is 17.0 Å². The van der Waals surface area contributed by atoms with Gasteiger partial charge in [-0.25, -0.2) is 13.1 Å². The molecule has 1 aromatic rings. The van der Waals surface area contributed by atoms with E-state index in [1.165, 1.54) is 18.2 Å². The second-order valence-corrected chi connectivity index (χ2v) is 6.96. The van der Waals surface area contributed by atoms with Crippen molar-refractivity contribution in [3.63, 3.8) is 0 Å². The van der Waals surface area contributed by atoms with Gasteiger partial charge in [0.1, 0.15) is 0 Å². The van der Waals surface area contributed by atoms with Gasteiger partial charge in [0, 0.05) is 23.7 Å². The molecule has 0 aliphatic carbocycles. The number of nitrogens with zero attached hydrogens (tertiary/aromatic N) is 1.